The molecule has 94 valence electrons. The number of hydrogen-bond acceptors (Lipinski definition) is 3. The van der Waals surface area contributed by atoms with E-state index in [-0.39, 0.29) is 5.56 Å². The van der Waals surface area contributed by atoms with Crippen LogP contribution in [-0.2, 0) is 7.05 Å². The predicted octanol–water partition coefficient (Wildman–Crippen LogP) is 2.18. The summed E-state index contributed by atoms with van der Waals surface area (Å²) >= 11 is 0. The first-order valence-corrected chi connectivity index (χ1v) is 5.98. The molecule has 0 radical (unpaired) electrons. The summed E-state index contributed by atoms with van der Waals surface area (Å²) in [4.78, 5) is 16.9. The topological polar surface area (TPSA) is 60.9 Å². The standard InChI is InChI=1S/C15H13N3O/c1-18-14(10-5-4-6-11(16)9-10)17-13-8-3-2-7-12(13)15(18)19/h2-9H,16H2,1H3. The number of aromatic nitrogens is 2. The van der Waals surface area contributed by atoms with Gasteiger partial charge >= 0.3 is 0 Å². The Morgan fingerprint density at radius 3 is 2.68 bits per heavy atom. The molecule has 3 rings (SSSR count). The SMILES string of the molecule is Cn1c(-c2cccc(N)c2)nc2ccccc2c1=O. The van der Waals surface area contributed by atoms with E-state index in [0.29, 0.717) is 22.4 Å². The Kier molecular flexibility index (Phi) is 2.56. The first-order chi connectivity index (χ1) is 9.16. The van der Waals surface area contributed by atoms with Crippen molar-refractivity contribution in [3.8, 4) is 11.4 Å². The number of hydrogen-bond donors (Lipinski definition) is 1. The van der Waals surface area contributed by atoms with Gasteiger partial charge in [-0.3, -0.25) is 9.36 Å². The van der Waals surface area contributed by atoms with E-state index in [2.05, 4.69) is 4.98 Å². The van der Waals surface area contributed by atoms with Crippen molar-refractivity contribution in [1.82, 2.24) is 9.55 Å². The normalized spacial score (nSPS) is 10.8. The summed E-state index contributed by atoms with van der Waals surface area (Å²) in [5, 5.41) is 0.623. The maximum atomic E-state index is 12.3. The molecule has 0 atom stereocenters. The number of rotatable bonds is 1. The highest BCUT2D eigenvalue weighted by Crippen LogP contribution is 2.20. The molecule has 0 spiro atoms. The summed E-state index contributed by atoms with van der Waals surface area (Å²) in [7, 11) is 1.72. The fourth-order valence-electron chi connectivity index (χ4n) is 2.15. The summed E-state index contributed by atoms with van der Waals surface area (Å²) in [6, 6.07) is 14.7. The molecular formula is C15H13N3O. The van der Waals surface area contributed by atoms with E-state index >= 15 is 0 Å². The molecule has 0 saturated carbocycles. The smallest absolute Gasteiger partial charge is 0.261 e. The van der Waals surface area contributed by atoms with E-state index in [1.54, 1.807) is 17.7 Å². The molecule has 0 fully saturated rings. The van der Waals surface area contributed by atoms with Crippen LogP contribution in [0.2, 0.25) is 0 Å². The summed E-state index contributed by atoms with van der Waals surface area (Å²) in [6.45, 7) is 0. The molecule has 3 aromatic rings. The molecule has 0 unspecified atom stereocenters. The van der Waals surface area contributed by atoms with E-state index < -0.39 is 0 Å². The number of nitrogens with two attached hydrogens (primary N) is 1. The molecule has 0 bridgehead atoms. The molecule has 4 heteroatoms. The van der Waals surface area contributed by atoms with Gasteiger partial charge in [0.25, 0.3) is 5.56 Å². The van der Waals surface area contributed by atoms with Crippen LogP contribution < -0.4 is 11.3 Å². The Hall–Kier alpha value is -2.62. The molecule has 1 heterocycles. The summed E-state index contributed by atoms with van der Waals surface area (Å²) in [5.74, 6) is 0.621. The Bertz CT molecular complexity index is 821. The van der Waals surface area contributed by atoms with E-state index in [4.69, 9.17) is 5.73 Å². The van der Waals surface area contributed by atoms with Crippen molar-refractivity contribution in [2.75, 3.05) is 5.73 Å². The third-order valence-corrected chi connectivity index (χ3v) is 3.13. The predicted molar refractivity (Wildman–Crippen MR) is 76.8 cm³/mol. The molecule has 0 amide bonds. The Balaban J connectivity index is 2.36. The minimum Gasteiger partial charge on any atom is -0.399 e. The van der Waals surface area contributed by atoms with Crippen LogP contribution in [-0.4, -0.2) is 9.55 Å². The van der Waals surface area contributed by atoms with E-state index in [9.17, 15) is 4.79 Å². The molecule has 2 aromatic carbocycles. The molecule has 19 heavy (non-hydrogen) atoms. The number of para-hydroxylation sites is 1. The van der Waals surface area contributed by atoms with Gasteiger partial charge in [0, 0.05) is 18.3 Å². The van der Waals surface area contributed by atoms with Gasteiger partial charge in [-0.2, -0.15) is 0 Å². The first-order valence-electron chi connectivity index (χ1n) is 5.98. The van der Waals surface area contributed by atoms with Crippen LogP contribution in [0.1, 0.15) is 0 Å². The number of anilines is 1. The molecule has 0 aliphatic carbocycles. The lowest BCUT2D eigenvalue weighted by molar-refractivity contribution is 0.856. The van der Waals surface area contributed by atoms with Crippen LogP contribution in [0.5, 0.6) is 0 Å². The average molecular weight is 251 g/mol. The van der Waals surface area contributed by atoms with E-state index in [0.717, 1.165) is 5.56 Å². The molecule has 2 N–H and O–H groups in total. The second-order valence-corrected chi connectivity index (χ2v) is 4.44. The number of benzene rings is 2. The van der Waals surface area contributed by atoms with Gasteiger partial charge in [-0.05, 0) is 24.3 Å². The van der Waals surface area contributed by atoms with Crippen molar-refractivity contribution in [1.29, 1.82) is 0 Å². The third-order valence-electron chi connectivity index (χ3n) is 3.13. The van der Waals surface area contributed by atoms with Gasteiger partial charge in [0.15, 0.2) is 0 Å². The van der Waals surface area contributed by atoms with Crippen LogP contribution >= 0.6 is 0 Å². The van der Waals surface area contributed by atoms with Gasteiger partial charge in [-0.15, -0.1) is 0 Å². The van der Waals surface area contributed by atoms with Crippen LogP contribution in [0.3, 0.4) is 0 Å². The van der Waals surface area contributed by atoms with Crippen LogP contribution in [0.25, 0.3) is 22.3 Å². The van der Waals surface area contributed by atoms with Gasteiger partial charge in [0.2, 0.25) is 0 Å². The Labute approximate surface area is 110 Å². The van der Waals surface area contributed by atoms with Crippen molar-refractivity contribution in [3.05, 3.63) is 58.9 Å². The highest BCUT2D eigenvalue weighted by molar-refractivity contribution is 5.79. The zero-order valence-electron chi connectivity index (χ0n) is 10.5. The maximum absolute atomic E-state index is 12.3. The van der Waals surface area contributed by atoms with Crippen LogP contribution in [0.4, 0.5) is 5.69 Å². The summed E-state index contributed by atoms with van der Waals surface area (Å²) in [6.07, 6.45) is 0. The second kappa shape index (κ2) is 4.24. The Morgan fingerprint density at radius 2 is 1.89 bits per heavy atom. The lowest BCUT2D eigenvalue weighted by Gasteiger charge is -2.09. The summed E-state index contributed by atoms with van der Waals surface area (Å²) < 4.78 is 1.55. The fourth-order valence-corrected chi connectivity index (χ4v) is 2.15. The van der Waals surface area contributed by atoms with Crippen molar-refractivity contribution in [2.45, 2.75) is 0 Å². The highest BCUT2D eigenvalue weighted by Gasteiger charge is 2.09. The van der Waals surface area contributed by atoms with Crippen molar-refractivity contribution in [3.63, 3.8) is 0 Å². The first kappa shape index (κ1) is 11.5. The lowest BCUT2D eigenvalue weighted by atomic mass is 10.1. The number of nitrogen functional groups attached to an aromatic ring is 1. The average Bonchev–Trinajstić information content (AvgIpc) is 2.43. The third kappa shape index (κ3) is 1.87. The minimum absolute atomic E-state index is 0.0528. The highest BCUT2D eigenvalue weighted by atomic mass is 16.1. The Morgan fingerprint density at radius 1 is 1.11 bits per heavy atom. The zero-order valence-corrected chi connectivity index (χ0v) is 10.5. The number of nitrogens with zero attached hydrogens (tertiary/aromatic N) is 2. The molecule has 0 saturated heterocycles. The van der Waals surface area contributed by atoms with Crippen LogP contribution in [0, 0.1) is 0 Å². The lowest BCUT2D eigenvalue weighted by Crippen LogP contribution is -2.20. The maximum Gasteiger partial charge on any atom is 0.261 e. The van der Waals surface area contributed by atoms with E-state index in [1.807, 2.05) is 42.5 Å². The van der Waals surface area contributed by atoms with Crippen LogP contribution in [0.15, 0.2) is 53.3 Å². The summed E-state index contributed by atoms with van der Waals surface area (Å²) in [5.41, 5.74) is 7.92. The van der Waals surface area contributed by atoms with Crippen molar-refractivity contribution in [2.24, 2.45) is 7.05 Å². The second-order valence-electron chi connectivity index (χ2n) is 4.44. The quantitative estimate of drug-likeness (QED) is 0.674. The fraction of sp³-hybridized carbons (Fsp3) is 0.0667. The molecular weight excluding hydrogens is 238 g/mol. The van der Waals surface area contributed by atoms with Gasteiger partial charge in [0.05, 0.1) is 10.9 Å². The van der Waals surface area contributed by atoms with E-state index in [1.165, 1.54) is 0 Å². The molecule has 0 aliphatic rings. The van der Waals surface area contributed by atoms with Gasteiger partial charge < -0.3 is 5.73 Å². The van der Waals surface area contributed by atoms with Crippen molar-refractivity contribution < 1.29 is 0 Å². The van der Waals surface area contributed by atoms with Crippen molar-refractivity contribution >= 4 is 16.6 Å². The number of fused-ring (bicyclic) bond motifs is 1. The largest absolute Gasteiger partial charge is 0.399 e. The molecule has 1 aromatic heterocycles. The molecule has 0 aliphatic heterocycles. The zero-order chi connectivity index (χ0) is 13.4. The molecule has 4 nitrogen and oxygen atoms in total. The van der Waals surface area contributed by atoms with Gasteiger partial charge in [-0.1, -0.05) is 24.3 Å². The minimum atomic E-state index is -0.0528. The monoisotopic (exact) mass is 251 g/mol. The van der Waals surface area contributed by atoms with Gasteiger partial charge in [0.1, 0.15) is 5.82 Å². The van der Waals surface area contributed by atoms with Gasteiger partial charge in [-0.25, -0.2) is 4.98 Å².